The number of esters is 3. The first kappa shape index (κ1) is 23.8. The smallest absolute Gasteiger partial charge is 0.344 e. The number of dihydropyridines is 1. The molecule has 0 saturated heterocycles. The minimum atomic E-state index is -0.755. The normalized spacial score (nSPS) is 14.0. The van der Waals surface area contributed by atoms with Crippen LogP contribution >= 0.6 is 0 Å². The molecule has 9 nitrogen and oxygen atoms in total. The zero-order chi connectivity index (χ0) is 23.1. The van der Waals surface area contributed by atoms with Crippen LogP contribution in [0.4, 0.5) is 0 Å². The summed E-state index contributed by atoms with van der Waals surface area (Å²) >= 11 is 0. The minimum absolute atomic E-state index is 0.248. The van der Waals surface area contributed by atoms with E-state index in [1.165, 1.54) is 21.3 Å². The van der Waals surface area contributed by atoms with Gasteiger partial charge in [-0.3, -0.25) is 0 Å². The van der Waals surface area contributed by atoms with E-state index in [4.69, 9.17) is 23.7 Å². The van der Waals surface area contributed by atoms with Crippen molar-refractivity contribution < 1.29 is 38.1 Å². The third-order valence-corrected chi connectivity index (χ3v) is 4.74. The number of carbonyl (C=O) groups excluding carboxylic acids is 3. The van der Waals surface area contributed by atoms with Crippen molar-refractivity contribution in [2.75, 3.05) is 34.5 Å². The first-order chi connectivity index (χ1) is 14.8. The van der Waals surface area contributed by atoms with Gasteiger partial charge in [0.2, 0.25) is 0 Å². The van der Waals surface area contributed by atoms with Crippen molar-refractivity contribution in [2.24, 2.45) is 0 Å². The van der Waals surface area contributed by atoms with Crippen LogP contribution in [0.1, 0.15) is 32.3 Å². The van der Waals surface area contributed by atoms with Crippen LogP contribution in [0.5, 0.6) is 11.5 Å². The van der Waals surface area contributed by atoms with Gasteiger partial charge in [0.1, 0.15) is 0 Å². The molecule has 1 N–H and O–H groups in total. The molecule has 1 aromatic carbocycles. The van der Waals surface area contributed by atoms with Crippen molar-refractivity contribution in [2.45, 2.75) is 26.7 Å². The average Bonchev–Trinajstić information content (AvgIpc) is 2.76. The number of ether oxygens (including phenoxy) is 5. The lowest BCUT2D eigenvalue weighted by Gasteiger charge is -2.30. The lowest BCUT2D eigenvalue weighted by Crippen LogP contribution is -2.32. The number of hydrogen-bond acceptors (Lipinski definition) is 9. The molecule has 168 valence electrons. The molecule has 2 rings (SSSR count). The molecule has 0 saturated carbocycles. The maximum atomic E-state index is 12.6. The molecule has 0 aliphatic carbocycles. The maximum Gasteiger partial charge on any atom is 0.344 e. The molecule has 0 bridgehead atoms. The van der Waals surface area contributed by atoms with Crippen molar-refractivity contribution in [3.05, 3.63) is 46.3 Å². The van der Waals surface area contributed by atoms with E-state index in [-0.39, 0.29) is 24.4 Å². The van der Waals surface area contributed by atoms with Crippen LogP contribution in [0.25, 0.3) is 0 Å². The fraction of sp³-hybridized carbons (Fsp3) is 0.409. The van der Waals surface area contributed by atoms with Gasteiger partial charge in [-0.15, -0.1) is 0 Å². The lowest BCUT2D eigenvalue weighted by molar-refractivity contribution is -0.145. The number of benzene rings is 1. The van der Waals surface area contributed by atoms with Gasteiger partial charge in [0.15, 0.2) is 18.1 Å². The summed E-state index contributed by atoms with van der Waals surface area (Å²) < 4.78 is 25.7. The van der Waals surface area contributed by atoms with Gasteiger partial charge in [0, 0.05) is 11.4 Å². The molecule has 1 aliphatic heterocycles. The summed E-state index contributed by atoms with van der Waals surface area (Å²) in [6.45, 7) is 5.12. The molecule has 0 unspecified atom stereocenters. The van der Waals surface area contributed by atoms with Crippen LogP contribution in [-0.4, -0.2) is 52.5 Å². The van der Waals surface area contributed by atoms with Crippen molar-refractivity contribution >= 4 is 17.9 Å². The number of hydrogen-bond donors (Lipinski definition) is 1. The van der Waals surface area contributed by atoms with Crippen LogP contribution in [0.2, 0.25) is 0 Å². The standard InChI is InChI=1S/C22H27NO8/c1-7-30-17(24)11-31-15-9-8-14(10-16(15)27-4)20-18(21(25)28-5)12(2)23-13(3)19(20)22(26)29-6/h8-10,20,23H,7,11H2,1-6H3. The fourth-order valence-corrected chi connectivity index (χ4v) is 3.41. The van der Waals surface area contributed by atoms with E-state index in [1.807, 2.05) is 0 Å². The predicted molar refractivity (Wildman–Crippen MR) is 110 cm³/mol. The number of carbonyl (C=O) groups is 3. The number of rotatable bonds is 8. The van der Waals surface area contributed by atoms with E-state index in [0.717, 1.165) is 0 Å². The molecular weight excluding hydrogens is 406 g/mol. The second kappa shape index (κ2) is 10.5. The van der Waals surface area contributed by atoms with Crippen LogP contribution in [0.15, 0.2) is 40.7 Å². The molecule has 0 fully saturated rings. The second-order valence-corrected chi connectivity index (χ2v) is 6.62. The Morgan fingerprint density at radius 2 is 1.52 bits per heavy atom. The highest BCUT2D eigenvalue weighted by molar-refractivity contribution is 5.99. The predicted octanol–water partition coefficient (Wildman–Crippen LogP) is 2.22. The van der Waals surface area contributed by atoms with Crippen LogP contribution < -0.4 is 14.8 Å². The first-order valence-corrected chi connectivity index (χ1v) is 9.60. The zero-order valence-corrected chi connectivity index (χ0v) is 18.5. The van der Waals surface area contributed by atoms with Gasteiger partial charge in [0.05, 0.1) is 45.0 Å². The highest BCUT2D eigenvalue weighted by atomic mass is 16.6. The van der Waals surface area contributed by atoms with Crippen molar-refractivity contribution in [1.29, 1.82) is 0 Å². The Morgan fingerprint density at radius 1 is 0.935 bits per heavy atom. The highest BCUT2D eigenvalue weighted by Crippen LogP contribution is 2.41. The molecule has 9 heteroatoms. The Morgan fingerprint density at radius 3 is 2.00 bits per heavy atom. The second-order valence-electron chi connectivity index (χ2n) is 6.62. The first-order valence-electron chi connectivity index (χ1n) is 9.60. The summed E-state index contributed by atoms with van der Waals surface area (Å²) in [5.41, 5.74) is 2.25. The molecule has 1 heterocycles. The van der Waals surface area contributed by atoms with Gasteiger partial charge in [-0.25, -0.2) is 14.4 Å². The number of methoxy groups -OCH3 is 3. The largest absolute Gasteiger partial charge is 0.493 e. The highest BCUT2D eigenvalue weighted by Gasteiger charge is 2.38. The van der Waals surface area contributed by atoms with Crippen molar-refractivity contribution in [3.63, 3.8) is 0 Å². The number of allylic oxidation sites excluding steroid dienone is 2. The maximum absolute atomic E-state index is 12.6. The molecule has 0 aromatic heterocycles. The Balaban J connectivity index is 2.54. The van der Waals surface area contributed by atoms with E-state index >= 15 is 0 Å². The van der Waals surface area contributed by atoms with Gasteiger partial charge >= 0.3 is 17.9 Å². The van der Waals surface area contributed by atoms with E-state index in [1.54, 1.807) is 39.0 Å². The monoisotopic (exact) mass is 433 g/mol. The Labute approximate surface area is 180 Å². The average molecular weight is 433 g/mol. The lowest BCUT2D eigenvalue weighted by atomic mass is 9.80. The zero-order valence-electron chi connectivity index (χ0n) is 18.5. The molecule has 31 heavy (non-hydrogen) atoms. The fourth-order valence-electron chi connectivity index (χ4n) is 3.41. The van der Waals surface area contributed by atoms with Crippen molar-refractivity contribution in [3.8, 4) is 11.5 Å². The van der Waals surface area contributed by atoms with E-state index in [2.05, 4.69) is 5.32 Å². The Bertz CT molecular complexity index is 893. The Hall–Kier alpha value is -3.49. The van der Waals surface area contributed by atoms with Gasteiger partial charge in [-0.1, -0.05) is 6.07 Å². The van der Waals surface area contributed by atoms with Gasteiger partial charge in [0.25, 0.3) is 0 Å². The van der Waals surface area contributed by atoms with Crippen LogP contribution in [0, 0.1) is 0 Å². The Kier molecular flexibility index (Phi) is 8.07. The van der Waals surface area contributed by atoms with Crippen LogP contribution in [-0.2, 0) is 28.6 Å². The molecule has 0 atom stereocenters. The van der Waals surface area contributed by atoms with Crippen molar-refractivity contribution in [1.82, 2.24) is 5.32 Å². The van der Waals surface area contributed by atoms with Gasteiger partial charge in [-0.05, 0) is 38.5 Å². The van der Waals surface area contributed by atoms with E-state index in [9.17, 15) is 14.4 Å². The summed E-state index contributed by atoms with van der Waals surface area (Å²) in [6, 6.07) is 4.93. The van der Waals surface area contributed by atoms with Gasteiger partial charge < -0.3 is 29.0 Å². The molecule has 0 spiro atoms. The van der Waals surface area contributed by atoms with E-state index < -0.39 is 23.8 Å². The van der Waals surface area contributed by atoms with Crippen LogP contribution in [0.3, 0.4) is 0 Å². The summed E-state index contributed by atoms with van der Waals surface area (Å²) in [6.07, 6.45) is 0. The molecule has 0 radical (unpaired) electrons. The molecular formula is C22H27NO8. The summed E-state index contributed by atoms with van der Waals surface area (Å²) in [7, 11) is 3.99. The quantitative estimate of drug-likeness (QED) is 0.487. The molecule has 0 amide bonds. The summed E-state index contributed by atoms with van der Waals surface area (Å²) in [5.74, 6) is -1.78. The summed E-state index contributed by atoms with van der Waals surface area (Å²) in [4.78, 5) is 36.8. The number of nitrogens with one attached hydrogen (secondary N) is 1. The summed E-state index contributed by atoms with van der Waals surface area (Å²) in [5, 5.41) is 3.04. The third-order valence-electron chi connectivity index (χ3n) is 4.74. The van der Waals surface area contributed by atoms with E-state index in [0.29, 0.717) is 28.5 Å². The topological polar surface area (TPSA) is 109 Å². The SMILES string of the molecule is CCOC(=O)COc1ccc(C2C(C(=O)OC)=C(C)NC(C)=C2C(=O)OC)cc1OC. The molecule has 1 aliphatic rings. The molecule has 1 aromatic rings. The minimum Gasteiger partial charge on any atom is -0.493 e. The third kappa shape index (κ3) is 5.17. The van der Waals surface area contributed by atoms with Gasteiger partial charge in [-0.2, -0.15) is 0 Å².